The third-order valence-corrected chi connectivity index (χ3v) is 5.96. The molecule has 0 aromatic heterocycles. The molecule has 162 valence electrons. The van der Waals surface area contributed by atoms with Crippen LogP contribution in [0.5, 0.6) is 5.75 Å². The summed E-state index contributed by atoms with van der Waals surface area (Å²) < 4.78 is 46.5. The number of aryl methyl sites for hydroxylation is 1. The molecule has 3 aromatic rings. The second kappa shape index (κ2) is 9.61. The van der Waals surface area contributed by atoms with Gasteiger partial charge in [-0.3, -0.25) is 9.52 Å². The van der Waals surface area contributed by atoms with Crippen LogP contribution < -0.4 is 14.8 Å². The molecular formula is C23H23FN2O4S. The van der Waals surface area contributed by atoms with Gasteiger partial charge in [0.15, 0.2) is 6.10 Å². The Morgan fingerprint density at radius 3 is 2.26 bits per heavy atom. The number of anilines is 2. The molecule has 31 heavy (non-hydrogen) atoms. The Balaban J connectivity index is 1.67. The van der Waals surface area contributed by atoms with Gasteiger partial charge in [0.1, 0.15) is 11.6 Å². The first-order valence-electron chi connectivity index (χ1n) is 9.70. The standard InChI is InChI=1S/C23H23FN2O4S/c1-3-22(30-19-12-8-17(24)9-13-19)23(27)25-18-10-14-20(15-11-18)31(28,29)26-21-7-5-4-6-16(21)2/h4-15,22,26H,3H2,1-2H3,(H,25,27). The predicted molar refractivity (Wildman–Crippen MR) is 118 cm³/mol. The van der Waals surface area contributed by atoms with E-state index in [0.717, 1.165) is 5.56 Å². The molecule has 0 spiro atoms. The first-order valence-corrected chi connectivity index (χ1v) is 11.2. The highest BCUT2D eigenvalue weighted by atomic mass is 32.2. The quantitative estimate of drug-likeness (QED) is 0.528. The highest BCUT2D eigenvalue weighted by molar-refractivity contribution is 7.92. The number of benzene rings is 3. The predicted octanol–water partition coefficient (Wildman–Crippen LogP) is 4.73. The zero-order chi connectivity index (χ0) is 22.4. The van der Waals surface area contributed by atoms with Crippen LogP contribution in [0.3, 0.4) is 0 Å². The van der Waals surface area contributed by atoms with Gasteiger partial charge in [0, 0.05) is 5.69 Å². The smallest absolute Gasteiger partial charge is 0.265 e. The van der Waals surface area contributed by atoms with E-state index in [1.807, 2.05) is 19.1 Å². The molecular weight excluding hydrogens is 419 g/mol. The molecule has 3 rings (SSSR count). The van der Waals surface area contributed by atoms with E-state index in [2.05, 4.69) is 10.0 Å². The van der Waals surface area contributed by atoms with Crippen LogP contribution in [-0.4, -0.2) is 20.4 Å². The van der Waals surface area contributed by atoms with Crippen LogP contribution in [0.2, 0.25) is 0 Å². The molecule has 0 saturated heterocycles. The minimum atomic E-state index is -3.76. The lowest BCUT2D eigenvalue weighted by Crippen LogP contribution is -2.32. The Hall–Kier alpha value is -3.39. The number of sulfonamides is 1. The third-order valence-electron chi connectivity index (χ3n) is 4.58. The largest absolute Gasteiger partial charge is 0.481 e. The minimum absolute atomic E-state index is 0.0726. The van der Waals surface area contributed by atoms with Gasteiger partial charge in [-0.2, -0.15) is 0 Å². The number of carbonyl (C=O) groups is 1. The van der Waals surface area contributed by atoms with Crippen molar-refractivity contribution in [2.45, 2.75) is 31.3 Å². The van der Waals surface area contributed by atoms with E-state index < -0.39 is 21.9 Å². The lowest BCUT2D eigenvalue weighted by molar-refractivity contribution is -0.122. The van der Waals surface area contributed by atoms with E-state index in [9.17, 15) is 17.6 Å². The molecule has 6 nitrogen and oxygen atoms in total. The van der Waals surface area contributed by atoms with Crippen LogP contribution in [0.4, 0.5) is 15.8 Å². The topological polar surface area (TPSA) is 84.5 Å². The molecule has 0 aliphatic rings. The first kappa shape index (κ1) is 22.3. The van der Waals surface area contributed by atoms with E-state index >= 15 is 0 Å². The Morgan fingerprint density at radius 2 is 1.65 bits per heavy atom. The van der Waals surface area contributed by atoms with Gasteiger partial charge >= 0.3 is 0 Å². The molecule has 1 atom stereocenters. The second-order valence-corrected chi connectivity index (χ2v) is 8.59. The highest BCUT2D eigenvalue weighted by Crippen LogP contribution is 2.21. The molecule has 0 radical (unpaired) electrons. The number of halogens is 1. The number of carbonyl (C=O) groups excluding carboxylic acids is 1. The summed E-state index contributed by atoms with van der Waals surface area (Å²) in [7, 11) is -3.76. The number of ether oxygens (including phenoxy) is 1. The summed E-state index contributed by atoms with van der Waals surface area (Å²) in [5.74, 6) is -0.399. The Kier molecular flexibility index (Phi) is 6.91. The third kappa shape index (κ3) is 5.82. The Labute approximate surface area is 181 Å². The van der Waals surface area contributed by atoms with E-state index in [0.29, 0.717) is 23.5 Å². The molecule has 0 aliphatic heterocycles. The number of hydrogen-bond acceptors (Lipinski definition) is 4. The number of para-hydroxylation sites is 1. The SMILES string of the molecule is CCC(Oc1ccc(F)cc1)C(=O)Nc1ccc(S(=O)(=O)Nc2ccccc2C)cc1. The van der Waals surface area contributed by atoms with Crippen LogP contribution >= 0.6 is 0 Å². The van der Waals surface area contributed by atoms with Crippen molar-refractivity contribution in [2.75, 3.05) is 10.0 Å². The first-order chi connectivity index (χ1) is 14.8. The van der Waals surface area contributed by atoms with Gasteiger partial charge in [-0.15, -0.1) is 0 Å². The molecule has 0 aliphatic carbocycles. The Morgan fingerprint density at radius 1 is 1.00 bits per heavy atom. The lowest BCUT2D eigenvalue weighted by atomic mass is 10.2. The fourth-order valence-electron chi connectivity index (χ4n) is 2.83. The van der Waals surface area contributed by atoms with E-state index in [-0.39, 0.29) is 10.8 Å². The van der Waals surface area contributed by atoms with Crippen molar-refractivity contribution in [3.8, 4) is 5.75 Å². The summed E-state index contributed by atoms with van der Waals surface area (Å²) in [6, 6.07) is 18.3. The monoisotopic (exact) mass is 442 g/mol. The van der Waals surface area contributed by atoms with Crippen molar-refractivity contribution < 1.29 is 22.3 Å². The van der Waals surface area contributed by atoms with Crippen molar-refractivity contribution in [1.82, 2.24) is 0 Å². The summed E-state index contributed by atoms with van der Waals surface area (Å²) in [6.45, 7) is 3.61. The van der Waals surface area contributed by atoms with Crippen molar-refractivity contribution in [3.63, 3.8) is 0 Å². The molecule has 0 fully saturated rings. The summed E-state index contributed by atoms with van der Waals surface area (Å²) in [4.78, 5) is 12.6. The molecule has 0 saturated carbocycles. The van der Waals surface area contributed by atoms with Gasteiger partial charge in [0.2, 0.25) is 0 Å². The maximum absolute atomic E-state index is 13.0. The molecule has 0 bridgehead atoms. The number of nitrogens with one attached hydrogen (secondary N) is 2. The maximum atomic E-state index is 13.0. The van der Waals surface area contributed by atoms with Gasteiger partial charge in [0.05, 0.1) is 10.6 Å². The van der Waals surface area contributed by atoms with Gasteiger partial charge in [-0.25, -0.2) is 12.8 Å². The fraction of sp³-hybridized carbons (Fsp3) is 0.174. The van der Waals surface area contributed by atoms with Crippen molar-refractivity contribution in [2.24, 2.45) is 0 Å². The van der Waals surface area contributed by atoms with Crippen LogP contribution in [0.1, 0.15) is 18.9 Å². The lowest BCUT2D eigenvalue weighted by Gasteiger charge is -2.17. The van der Waals surface area contributed by atoms with Gasteiger partial charge in [-0.1, -0.05) is 25.1 Å². The second-order valence-electron chi connectivity index (χ2n) is 6.90. The zero-order valence-corrected chi connectivity index (χ0v) is 17.9. The summed E-state index contributed by atoms with van der Waals surface area (Å²) >= 11 is 0. The maximum Gasteiger partial charge on any atom is 0.265 e. The van der Waals surface area contributed by atoms with Crippen LogP contribution in [0.25, 0.3) is 0 Å². The number of hydrogen-bond donors (Lipinski definition) is 2. The molecule has 1 amide bonds. The average molecular weight is 443 g/mol. The summed E-state index contributed by atoms with van der Waals surface area (Å²) in [5, 5.41) is 2.71. The molecule has 2 N–H and O–H groups in total. The van der Waals surface area contributed by atoms with Crippen LogP contribution in [0, 0.1) is 12.7 Å². The van der Waals surface area contributed by atoms with Gasteiger partial charge in [0.25, 0.3) is 15.9 Å². The zero-order valence-electron chi connectivity index (χ0n) is 17.1. The molecule has 0 heterocycles. The van der Waals surface area contributed by atoms with Gasteiger partial charge in [-0.05, 0) is 73.5 Å². The van der Waals surface area contributed by atoms with E-state index in [1.165, 1.54) is 48.5 Å². The van der Waals surface area contributed by atoms with E-state index in [1.54, 1.807) is 19.1 Å². The Bertz CT molecular complexity index is 1150. The van der Waals surface area contributed by atoms with Gasteiger partial charge < -0.3 is 10.1 Å². The molecule has 3 aromatic carbocycles. The normalized spacial score (nSPS) is 12.1. The number of rotatable bonds is 8. The van der Waals surface area contributed by atoms with E-state index in [4.69, 9.17) is 4.74 Å². The number of amides is 1. The van der Waals surface area contributed by atoms with Crippen LogP contribution in [-0.2, 0) is 14.8 Å². The molecule has 8 heteroatoms. The highest BCUT2D eigenvalue weighted by Gasteiger charge is 2.20. The summed E-state index contributed by atoms with van der Waals surface area (Å²) in [6.07, 6.45) is -0.382. The summed E-state index contributed by atoms with van der Waals surface area (Å²) in [5.41, 5.74) is 1.74. The average Bonchev–Trinajstić information content (AvgIpc) is 2.75. The fourth-order valence-corrected chi connectivity index (χ4v) is 3.96. The molecule has 1 unspecified atom stereocenters. The minimum Gasteiger partial charge on any atom is -0.481 e. The van der Waals surface area contributed by atoms with Crippen molar-refractivity contribution >= 4 is 27.3 Å². The van der Waals surface area contributed by atoms with Crippen LogP contribution in [0.15, 0.2) is 77.7 Å². The van der Waals surface area contributed by atoms with Crippen molar-refractivity contribution in [3.05, 3.63) is 84.2 Å². The van der Waals surface area contributed by atoms with Crippen molar-refractivity contribution in [1.29, 1.82) is 0 Å².